The summed E-state index contributed by atoms with van der Waals surface area (Å²) in [6.45, 7) is 3.54. The van der Waals surface area contributed by atoms with Gasteiger partial charge in [0.1, 0.15) is 12.9 Å². The summed E-state index contributed by atoms with van der Waals surface area (Å²) >= 11 is 5.80. The fraction of sp³-hybridized carbons (Fsp3) is 0.500. The van der Waals surface area contributed by atoms with Crippen LogP contribution in [0.3, 0.4) is 0 Å². The van der Waals surface area contributed by atoms with E-state index < -0.39 is 0 Å². The largest absolute Gasteiger partial charge is 0.399 e. The molecule has 1 aromatic rings. The number of halogens is 1. The van der Waals surface area contributed by atoms with Crippen molar-refractivity contribution in [2.24, 2.45) is 5.16 Å². The van der Waals surface area contributed by atoms with Crippen molar-refractivity contribution in [1.29, 1.82) is 0 Å². The van der Waals surface area contributed by atoms with E-state index in [1.807, 2.05) is 6.07 Å². The first-order valence-corrected chi connectivity index (χ1v) is 7.72. The summed E-state index contributed by atoms with van der Waals surface area (Å²) in [5.74, 6) is 0.831. The molecule has 1 aliphatic heterocycles. The van der Waals surface area contributed by atoms with E-state index in [4.69, 9.17) is 16.4 Å². The van der Waals surface area contributed by atoms with Crippen LogP contribution in [0.15, 0.2) is 17.3 Å². The number of alkyl halides is 1. The molecule has 114 valence electrons. The minimum absolute atomic E-state index is 0.168. The number of carbonyl (C=O) groups excluding carboxylic acids is 1. The standard InChI is InChI=1S/C16H21ClN2O2/c1-12(20)8-13-9-14-4-7-19(6-3-5-17)16(14)15(10-13)11-18-21-2/h9-11H,3-8H2,1-2H3/b18-11+. The molecule has 1 aromatic carbocycles. The maximum absolute atomic E-state index is 11.4. The number of anilines is 1. The average molecular weight is 309 g/mol. The number of Topliss-reactive ketones (excluding diaryl/α,β-unsaturated/α-hetero) is 1. The van der Waals surface area contributed by atoms with Gasteiger partial charge in [-0.3, -0.25) is 4.79 Å². The molecule has 0 aliphatic carbocycles. The van der Waals surface area contributed by atoms with E-state index in [9.17, 15) is 4.79 Å². The molecule has 0 aromatic heterocycles. The number of ketones is 1. The van der Waals surface area contributed by atoms with Crippen LogP contribution in [-0.2, 0) is 22.5 Å². The summed E-state index contributed by atoms with van der Waals surface area (Å²) in [6.07, 6.45) is 4.14. The highest BCUT2D eigenvalue weighted by molar-refractivity contribution is 6.17. The molecule has 0 saturated heterocycles. The Hall–Kier alpha value is -1.55. The first-order chi connectivity index (χ1) is 10.2. The van der Waals surface area contributed by atoms with Crippen LogP contribution in [0.5, 0.6) is 0 Å². The minimum Gasteiger partial charge on any atom is -0.399 e. The highest BCUT2D eigenvalue weighted by Crippen LogP contribution is 2.32. The van der Waals surface area contributed by atoms with E-state index in [0.29, 0.717) is 12.3 Å². The molecule has 21 heavy (non-hydrogen) atoms. The van der Waals surface area contributed by atoms with Crippen LogP contribution in [0.4, 0.5) is 5.69 Å². The second-order valence-electron chi connectivity index (χ2n) is 5.27. The number of benzene rings is 1. The number of fused-ring (bicyclic) bond motifs is 1. The number of rotatable bonds is 7. The monoisotopic (exact) mass is 308 g/mol. The fourth-order valence-corrected chi connectivity index (χ4v) is 2.92. The van der Waals surface area contributed by atoms with E-state index >= 15 is 0 Å². The van der Waals surface area contributed by atoms with Gasteiger partial charge in [-0.05, 0) is 37.0 Å². The van der Waals surface area contributed by atoms with Gasteiger partial charge >= 0.3 is 0 Å². The van der Waals surface area contributed by atoms with Crippen molar-refractivity contribution in [2.75, 3.05) is 31.0 Å². The van der Waals surface area contributed by atoms with E-state index in [2.05, 4.69) is 16.1 Å². The second-order valence-corrected chi connectivity index (χ2v) is 5.65. The van der Waals surface area contributed by atoms with Crippen molar-refractivity contribution >= 4 is 29.3 Å². The molecule has 0 atom stereocenters. The third kappa shape index (κ3) is 3.97. The predicted octanol–water partition coefficient (Wildman–Crippen LogP) is 2.79. The summed E-state index contributed by atoms with van der Waals surface area (Å²) in [7, 11) is 1.53. The molecule has 1 aliphatic rings. The molecule has 0 N–H and O–H groups in total. The highest BCUT2D eigenvalue weighted by Gasteiger charge is 2.22. The molecule has 4 nitrogen and oxygen atoms in total. The summed E-state index contributed by atoms with van der Waals surface area (Å²) in [4.78, 5) is 18.5. The van der Waals surface area contributed by atoms with Gasteiger partial charge in [0, 0.05) is 36.6 Å². The second kappa shape index (κ2) is 7.46. The Kier molecular flexibility index (Phi) is 5.62. The number of carbonyl (C=O) groups is 1. The van der Waals surface area contributed by atoms with Crippen LogP contribution in [0.2, 0.25) is 0 Å². The van der Waals surface area contributed by atoms with Gasteiger partial charge in [-0.1, -0.05) is 11.2 Å². The Labute approximate surface area is 130 Å². The molecule has 5 heteroatoms. The summed E-state index contributed by atoms with van der Waals surface area (Å²) in [6, 6.07) is 4.17. The number of oxime groups is 1. The molecule has 0 radical (unpaired) electrons. The van der Waals surface area contributed by atoms with Crippen molar-refractivity contribution in [3.8, 4) is 0 Å². The van der Waals surface area contributed by atoms with Gasteiger partial charge < -0.3 is 9.74 Å². The smallest absolute Gasteiger partial charge is 0.134 e. The Bertz CT molecular complexity index is 543. The van der Waals surface area contributed by atoms with Crippen molar-refractivity contribution in [3.63, 3.8) is 0 Å². The average Bonchev–Trinajstić information content (AvgIpc) is 2.85. The lowest BCUT2D eigenvalue weighted by atomic mass is 10.00. The molecule has 0 saturated carbocycles. The van der Waals surface area contributed by atoms with Gasteiger partial charge in [0.25, 0.3) is 0 Å². The van der Waals surface area contributed by atoms with Crippen LogP contribution >= 0.6 is 11.6 Å². The molecule has 0 fully saturated rings. The molecule has 0 spiro atoms. The molecule has 2 rings (SSSR count). The van der Waals surface area contributed by atoms with E-state index in [1.165, 1.54) is 18.4 Å². The molecule has 1 heterocycles. The topological polar surface area (TPSA) is 41.9 Å². The maximum atomic E-state index is 11.4. The van der Waals surface area contributed by atoms with Crippen molar-refractivity contribution < 1.29 is 9.63 Å². The zero-order valence-electron chi connectivity index (χ0n) is 12.6. The lowest BCUT2D eigenvalue weighted by molar-refractivity contribution is -0.116. The lowest BCUT2D eigenvalue weighted by Crippen LogP contribution is -2.23. The maximum Gasteiger partial charge on any atom is 0.134 e. The molecule has 0 unspecified atom stereocenters. The Morgan fingerprint density at radius 2 is 2.33 bits per heavy atom. The van der Waals surface area contributed by atoms with Crippen LogP contribution in [0.25, 0.3) is 0 Å². The summed E-state index contributed by atoms with van der Waals surface area (Å²) in [5.41, 5.74) is 4.53. The third-order valence-electron chi connectivity index (χ3n) is 3.56. The van der Waals surface area contributed by atoms with E-state index in [1.54, 1.807) is 13.1 Å². The summed E-state index contributed by atoms with van der Waals surface area (Å²) < 4.78 is 0. The van der Waals surface area contributed by atoms with Gasteiger partial charge in [-0.25, -0.2) is 0 Å². The molecule has 0 amide bonds. The highest BCUT2D eigenvalue weighted by atomic mass is 35.5. The number of nitrogens with zero attached hydrogens (tertiary/aromatic N) is 2. The van der Waals surface area contributed by atoms with E-state index in [-0.39, 0.29) is 5.78 Å². The van der Waals surface area contributed by atoms with Crippen LogP contribution in [-0.4, -0.2) is 38.1 Å². The Balaban J connectivity index is 2.36. The third-order valence-corrected chi connectivity index (χ3v) is 3.82. The van der Waals surface area contributed by atoms with Gasteiger partial charge in [-0.15, -0.1) is 11.6 Å². The summed E-state index contributed by atoms with van der Waals surface area (Å²) in [5, 5.41) is 3.89. The molecular formula is C16H21ClN2O2. The first-order valence-electron chi connectivity index (χ1n) is 7.18. The number of hydrogen-bond acceptors (Lipinski definition) is 4. The SMILES string of the molecule is CO/N=C/c1cc(CC(C)=O)cc2c1N(CCCCl)CC2. The van der Waals surface area contributed by atoms with Gasteiger partial charge in [0.05, 0.1) is 6.21 Å². The van der Waals surface area contributed by atoms with Crippen LogP contribution in [0, 0.1) is 0 Å². The normalized spacial score (nSPS) is 13.8. The van der Waals surface area contributed by atoms with E-state index in [0.717, 1.165) is 37.1 Å². The van der Waals surface area contributed by atoms with Gasteiger partial charge in [0.2, 0.25) is 0 Å². The minimum atomic E-state index is 0.168. The lowest BCUT2D eigenvalue weighted by Gasteiger charge is -2.21. The number of hydrogen-bond donors (Lipinski definition) is 0. The van der Waals surface area contributed by atoms with Gasteiger partial charge in [-0.2, -0.15) is 0 Å². The predicted molar refractivity (Wildman–Crippen MR) is 86.7 cm³/mol. The quantitative estimate of drug-likeness (QED) is 0.442. The fourth-order valence-electron chi connectivity index (χ4n) is 2.80. The Morgan fingerprint density at radius 1 is 1.52 bits per heavy atom. The zero-order valence-corrected chi connectivity index (χ0v) is 13.3. The Morgan fingerprint density at radius 3 is 3.00 bits per heavy atom. The van der Waals surface area contributed by atoms with Crippen molar-refractivity contribution in [2.45, 2.75) is 26.2 Å². The van der Waals surface area contributed by atoms with Crippen LogP contribution < -0.4 is 4.90 Å². The van der Waals surface area contributed by atoms with Crippen LogP contribution in [0.1, 0.15) is 30.0 Å². The molecular weight excluding hydrogens is 288 g/mol. The first kappa shape index (κ1) is 15.8. The van der Waals surface area contributed by atoms with Crippen molar-refractivity contribution in [1.82, 2.24) is 0 Å². The van der Waals surface area contributed by atoms with Crippen molar-refractivity contribution in [3.05, 3.63) is 28.8 Å². The van der Waals surface area contributed by atoms with Gasteiger partial charge in [0.15, 0.2) is 0 Å². The zero-order chi connectivity index (χ0) is 15.2. The molecule has 0 bridgehead atoms.